The van der Waals surface area contributed by atoms with E-state index in [1.807, 2.05) is 0 Å². The van der Waals surface area contributed by atoms with E-state index >= 15 is 0 Å². The van der Waals surface area contributed by atoms with Crippen LogP contribution in [0.1, 0.15) is 24.3 Å². The van der Waals surface area contributed by atoms with E-state index < -0.39 is 0 Å². The normalized spacial score (nSPS) is 28.2. The molecule has 0 heterocycles. The van der Waals surface area contributed by atoms with Gasteiger partial charge in [0.25, 0.3) is 0 Å². The number of benzene rings is 1. The molecule has 0 aromatic heterocycles. The maximum Gasteiger partial charge on any atom is 0.123 e. The molecule has 1 aromatic carbocycles. The van der Waals surface area contributed by atoms with Gasteiger partial charge in [0.15, 0.2) is 0 Å². The van der Waals surface area contributed by atoms with E-state index in [-0.39, 0.29) is 11.9 Å². The summed E-state index contributed by atoms with van der Waals surface area (Å²) in [5.41, 5.74) is 1.14. The Morgan fingerprint density at radius 1 is 1.17 bits per heavy atom. The Balaban J connectivity index is 2.09. The summed E-state index contributed by atoms with van der Waals surface area (Å²) in [7, 11) is 0. The third-order valence-corrected chi connectivity index (χ3v) is 2.45. The molecule has 0 amide bonds. The molecule has 0 saturated heterocycles. The second kappa shape index (κ2) is 2.87. The molecule has 1 aliphatic rings. The average molecular weight is 166 g/mol. The zero-order chi connectivity index (χ0) is 8.55. The predicted octanol–water partition coefficient (Wildman–Crippen LogP) is 2.06. The van der Waals surface area contributed by atoms with E-state index in [0.717, 1.165) is 18.4 Å². The van der Waals surface area contributed by atoms with Gasteiger partial charge in [0.05, 0.1) is 6.10 Å². The maximum atomic E-state index is 12.5. The summed E-state index contributed by atoms with van der Waals surface area (Å²) in [5.74, 6) is 0.249. The number of halogens is 1. The van der Waals surface area contributed by atoms with Crippen molar-refractivity contribution >= 4 is 0 Å². The Morgan fingerprint density at radius 2 is 1.75 bits per heavy atom. The molecule has 0 spiro atoms. The summed E-state index contributed by atoms with van der Waals surface area (Å²) in [4.78, 5) is 0. The molecule has 0 atom stereocenters. The van der Waals surface area contributed by atoms with Crippen LogP contribution in [0.25, 0.3) is 0 Å². The van der Waals surface area contributed by atoms with E-state index in [1.165, 1.54) is 12.1 Å². The summed E-state index contributed by atoms with van der Waals surface area (Å²) in [6.45, 7) is 0. The van der Waals surface area contributed by atoms with E-state index in [2.05, 4.69) is 0 Å². The molecule has 1 saturated carbocycles. The highest BCUT2D eigenvalue weighted by molar-refractivity contribution is 5.22. The van der Waals surface area contributed by atoms with Crippen molar-refractivity contribution in [3.05, 3.63) is 35.6 Å². The van der Waals surface area contributed by atoms with Crippen LogP contribution < -0.4 is 0 Å². The molecule has 0 bridgehead atoms. The lowest BCUT2D eigenvalue weighted by Crippen LogP contribution is -2.26. The Bertz CT molecular complexity index is 262. The third-order valence-electron chi connectivity index (χ3n) is 2.45. The van der Waals surface area contributed by atoms with Crippen molar-refractivity contribution in [2.75, 3.05) is 0 Å². The summed E-state index contributed by atoms with van der Waals surface area (Å²) >= 11 is 0. The van der Waals surface area contributed by atoms with E-state index in [1.54, 1.807) is 12.1 Å². The Kier molecular flexibility index (Phi) is 1.85. The fraction of sp³-hybridized carbons (Fsp3) is 0.400. The first-order chi connectivity index (χ1) is 5.75. The van der Waals surface area contributed by atoms with Gasteiger partial charge in [0.2, 0.25) is 0 Å². The van der Waals surface area contributed by atoms with Gasteiger partial charge in [-0.15, -0.1) is 0 Å². The monoisotopic (exact) mass is 166 g/mol. The molecular weight excluding hydrogens is 155 g/mol. The van der Waals surface area contributed by atoms with Crippen LogP contribution in [0, 0.1) is 5.82 Å². The second-order valence-corrected chi connectivity index (χ2v) is 3.37. The minimum Gasteiger partial charge on any atom is -0.393 e. The van der Waals surface area contributed by atoms with Crippen molar-refractivity contribution < 1.29 is 9.50 Å². The number of hydrogen-bond donors (Lipinski definition) is 1. The smallest absolute Gasteiger partial charge is 0.123 e. The maximum absolute atomic E-state index is 12.5. The summed E-state index contributed by atoms with van der Waals surface area (Å²) in [5, 5.41) is 9.06. The highest BCUT2D eigenvalue weighted by Crippen LogP contribution is 2.36. The largest absolute Gasteiger partial charge is 0.393 e. The molecule has 1 aromatic rings. The topological polar surface area (TPSA) is 20.2 Å². The van der Waals surface area contributed by atoms with Crippen molar-refractivity contribution in [2.45, 2.75) is 24.9 Å². The number of hydrogen-bond acceptors (Lipinski definition) is 1. The van der Waals surface area contributed by atoms with Gasteiger partial charge >= 0.3 is 0 Å². The molecule has 64 valence electrons. The number of rotatable bonds is 1. The molecular formula is C10H11FO. The number of aliphatic hydroxyl groups excluding tert-OH is 1. The fourth-order valence-electron chi connectivity index (χ4n) is 1.59. The highest BCUT2D eigenvalue weighted by Gasteiger charge is 2.28. The number of aliphatic hydroxyl groups is 1. The van der Waals surface area contributed by atoms with E-state index in [0.29, 0.717) is 5.92 Å². The molecule has 2 heteroatoms. The predicted molar refractivity (Wildman–Crippen MR) is 44.4 cm³/mol. The molecule has 2 rings (SSSR count). The zero-order valence-corrected chi connectivity index (χ0v) is 6.70. The molecule has 1 nitrogen and oxygen atoms in total. The summed E-state index contributed by atoms with van der Waals surface area (Å²) in [6.07, 6.45) is 1.51. The molecule has 1 fully saturated rings. The van der Waals surface area contributed by atoms with Crippen molar-refractivity contribution in [2.24, 2.45) is 0 Å². The van der Waals surface area contributed by atoms with Crippen LogP contribution in [0.15, 0.2) is 24.3 Å². The van der Waals surface area contributed by atoms with Gasteiger partial charge in [-0.3, -0.25) is 0 Å². The first-order valence-electron chi connectivity index (χ1n) is 4.19. The van der Waals surface area contributed by atoms with Gasteiger partial charge in [0.1, 0.15) is 5.82 Å². The average Bonchev–Trinajstić information content (AvgIpc) is 2.01. The lowest BCUT2D eigenvalue weighted by Gasteiger charge is -2.31. The van der Waals surface area contributed by atoms with Gasteiger partial charge in [-0.1, -0.05) is 12.1 Å². The van der Waals surface area contributed by atoms with Gasteiger partial charge in [-0.05, 0) is 36.5 Å². The zero-order valence-electron chi connectivity index (χ0n) is 6.70. The highest BCUT2D eigenvalue weighted by atomic mass is 19.1. The second-order valence-electron chi connectivity index (χ2n) is 3.37. The lowest BCUT2D eigenvalue weighted by molar-refractivity contribution is 0.0746. The van der Waals surface area contributed by atoms with E-state index in [4.69, 9.17) is 5.11 Å². The van der Waals surface area contributed by atoms with Crippen LogP contribution >= 0.6 is 0 Å². The minimum atomic E-state index is -0.196. The molecule has 12 heavy (non-hydrogen) atoms. The van der Waals surface area contributed by atoms with Crippen LogP contribution in [0.2, 0.25) is 0 Å². The quantitative estimate of drug-likeness (QED) is 0.677. The molecule has 0 unspecified atom stereocenters. The first kappa shape index (κ1) is 7.74. The van der Waals surface area contributed by atoms with Crippen LogP contribution in [-0.4, -0.2) is 11.2 Å². The van der Waals surface area contributed by atoms with Crippen molar-refractivity contribution in [3.8, 4) is 0 Å². The van der Waals surface area contributed by atoms with Crippen molar-refractivity contribution in [1.29, 1.82) is 0 Å². The van der Waals surface area contributed by atoms with Crippen LogP contribution in [0.3, 0.4) is 0 Å². The van der Waals surface area contributed by atoms with Gasteiger partial charge in [-0.2, -0.15) is 0 Å². The fourth-order valence-corrected chi connectivity index (χ4v) is 1.59. The standard InChI is InChI=1S/C10H11FO/c11-9-3-1-7(2-4-9)8-5-10(12)6-8/h1-4,8,10,12H,5-6H2. The molecule has 0 aliphatic heterocycles. The van der Waals surface area contributed by atoms with Gasteiger partial charge in [-0.25, -0.2) is 4.39 Å². The Hall–Kier alpha value is -0.890. The molecule has 1 aliphatic carbocycles. The minimum absolute atomic E-state index is 0.139. The van der Waals surface area contributed by atoms with Gasteiger partial charge in [0, 0.05) is 0 Å². The van der Waals surface area contributed by atoms with Crippen molar-refractivity contribution in [1.82, 2.24) is 0 Å². The van der Waals surface area contributed by atoms with Crippen molar-refractivity contribution in [3.63, 3.8) is 0 Å². The first-order valence-corrected chi connectivity index (χ1v) is 4.19. The van der Waals surface area contributed by atoms with Crippen LogP contribution in [0.5, 0.6) is 0 Å². The third kappa shape index (κ3) is 1.34. The SMILES string of the molecule is OC1CC(c2ccc(F)cc2)C1. The van der Waals surface area contributed by atoms with Crippen LogP contribution in [0.4, 0.5) is 4.39 Å². The lowest BCUT2D eigenvalue weighted by atomic mass is 9.78. The molecule has 1 N–H and O–H groups in total. The van der Waals surface area contributed by atoms with E-state index in [9.17, 15) is 4.39 Å². The van der Waals surface area contributed by atoms with Gasteiger partial charge < -0.3 is 5.11 Å². The van der Waals surface area contributed by atoms with Crippen LogP contribution in [-0.2, 0) is 0 Å². The summed E-state index contributed by atoms with van der Waals surface area (Å²) in [6, 6.07) is 6.54. The summed E-state index contributed by atoms with van der Waals surface area (Å²) < 4.78 is 12.5. The Morgan fingerprint density at radius 3 is 2.25 bits per heavy atom. The molecule has 0 radical (unpaired) electrons. The Labute approximate surface area is 70.8 Å².